The maximum absolute atomic E-state index is 13.1. The smallest absolute Gasteiger partial charge is 0.434 e. The molecule has 0 fully saturated rings. The molecule has 2 aromatic rings. The number of ether oxygens (including phenoxy) is 1. The largest absolute Gasteiger partial charge is 0.492 e. The predicted octanol–water partition coefficient (Wildman–Crippen LogP) is 3.57. The number of hydrogen-bond donors (Lipinski definition) is 2. The van der Waals surface area contributed by atoms with Gasteiger partial charge in [-0.05, 0) is 19.1 Å². The first-order valence-electron chi connectivity index (χ1n) is 7.91. The van der Waals surface area contributed by atoms with Gasteiger partial charge in [0.2, 0.25) is 0 Å². The van der Waals surface area contributed by atoms with Crippen molar-refractivity contribution in [2.24, 2.45) is 4.99 Å². The summed E-state index contributed by atoms with van der Waals surface area (Å²) in [6.07, 6.45) is -4.47. The van der Waals surface area contributed by atoms with Gasteiger partial charge < -0.3 is 15.4 Å². The summed E-state index contributed by atoms with van der Waals surface area (Å²) in [5, 5.41) is 7.04. The van der Waals surface area contributed by atoms with Crippen LogP contribution in [0.2, 0.25) is 0 Å². The lowest BCUT2D eigenvalue weighted by Gasteiger charge is -2.12. The molecular weight excluding hydrogens is 391 g/mol. The van der Waals surface area contributed by atoms with E-state index in [0.717, 1.165) is 28.8 Å². The maximum Gasteiger partial charge on any atom is 0.434 e. The molecule has 5 nitrogen and oxygen atoms in total. The van der Waals surface area contributed by atoms with Crippen LogP contribution in [0.5, 0.6) is 5.75 Å². The minimum atomic E-state index is -4.47. The van der Waals surface area contributed by atoms with Gasteiger partial charge in [-0.25, -0.2) is 18.8 Å². The second-order valence-corrected chi connectivity index (χ2v) is 6.11. The molecule has 0 aliphatic rings. The van der Waals surface area contributed by atoms with Crippen LogP contribution in [0.4, 0.5) is 22.0 Å². The fourth-order valence-corrected chi connectivity index (χ4v) is 2.63. The Balaban J connectivity index is 1.84. The second-order valence-electron chi connectivity index (χ2n) is 5.17. The van der Waals surface area contributed by atoms with Crippen LogP contribution in [0.15, 0.2) is 28.6 Å². The maximum atomic E-state index is 13.1. The Morgan fingerprint density at radius 2 is 2.00 bits per heavy atom. The molecule has 0 spiro atoms. The van der Waals surface area contributed by atoms with E-state index in [-0.39, 0.29) is 30.5 Å². The number of aromatic nitrogens is 1. The van der Waals surface area contributed by atoms with Gasteiger partial charge in [0.1, 0.15) is 17.4 Å². The van der Waals surface area contributed by atoms with Crippen molar-refractivity contribution < 1.29 is 26.7 Å². The number of aliphatic imine (C=N–C) groups is 1. The van der Waals surface area contributed by atoms with Gasteiger partial charge in [0.25, 0.3) is 0 Å². The number of halogens is 5. The molecule has 0 saturated carbocycles. The van der Waals surface area contributed by atoms with Crippen molar-refractivity contribution in [3.8, 4) is 5.75 Å². The van der Waals surface area contributed by atoms with Crippen molar-refractivity contribution in [1.82, 2.24) is 15.6 Å². The number of benzene rings is 1. The first-order chi connectivity index (χ1) is 12.8. The van der Waals surface area contributed by atoms with Crippen molar-refractivity contribution in [2.75, 3.05) is 19.7 Å². The molecular formula is C16H17F5N4OS. The van der Waals surface area contributed by atoms with Crippen LogP contribution in [0.25, 0.3) is 0 Å². The summed E-state index contributed by atoms with van der Waals surface area (Å²) in [6.45, 7) is 2.79. The first kappa shape index (κ1) is 20.9. The molecule has 0 aliphatic carbocycles. The summed E-state index contributed by atoms with van der Waals surface area (Å²) in [7, 11) is 0. The summed E-state index contributed by atoms with van der Waals surface area (Å²) in [6, 6.07) is 3.21. The Labute approximate surface area is 156 Å². The van der Waals surface area contributed by atoms with Crippen LogP contribution in [-0.2, 0) is 12.7 Å². The molecule has 0 unspecified atom stereocenters. The molecule has 0 saturated heterocycles. The molecule has 0 amide bonds. The van der Waals surface area contributed by atoms with Crippen molar-refractivity contribution in [3.63, 3.8) is 0 Å². The summed E-state index contributed by atoms with van der Waals surface area (Å²) in [5.41, 5.74) is -0.935. The van der Waals surface area contributed by atoms with Crippen molar-refractivity contribution in [2.45, 2.75) is 19.6 Å². The monoisotopic (exact) mass is 408 g/mol. The standard InChI is InChI=1S/C16H17F5N4OS/c1-2-22-15(24-8-14-25-13(9-27-14)16(19,20)21)23-5-6-26-10-3-4-11(17)12(18)7-10/h3-4,7,9H,2,5-6,8H2,1H3,(H2,22,23,24). The van der Waals surface area contributed by atoms with Gasteiger partial charge in [0, 0.05) is 18.0 Å². The van der Waals surface area contributed by atoms with E-state index >= 15 is 0 Å². The van der Waals surface area contributed by atoms with E-state index in [0.29, 0.717) is 12.5 Å². The lowest BCUT2D eigenvalue weighted by atomic mass is 10.3. The third-order valence-electron chi connectivity index (χ3n) is 3.11. The summed E-state index contributed by atoms with van der Waals surface area (Å²) < 4.78 is 68.8. The molecule has 1 aromatic carbocycles. The topological polar surface area (TPSA) is 58.5 Å². The van der Waals surface area contributed by atoms with Crippen LogP contribution >= 0.6 is 11.3 Å². The summed E-state index contributed by atoms with van der Waals surface area (Å²) in [4.78, 5) is 7.66. The van der Waals surface area contributed by atoms with Crippen LogP contribution in [0.1, 0.15) is 17.6 Å². The van der Waals surface area contributed by atoms with Crippen LogP contribution in [0, 0.1) is 11.6 Å². The van der Waals surface area contributed by atoms with Crippen LogP contribution in [-0.4, -0.2) is 30.6 Å². The molecule has 0 radical (unpaired) electrons. The quantitative estimate of drug-likeness (QED) is 0.318. The summed E-state index contributed by atoms with van der Waals surface area (Å²) in [5.74, 6) is -1.41. The lowest BCUT2D eigenvalue weighted by Crippen LogP contribution is -2.39. The molecule has 2 N–H and O–H groups in total. The van der Waals surface area contributed by atoms with Gasteiger partial charge in [-0.3, -0.25) is 0 Å². The minimum Gasteiger partial charge on any atom is -0.492 e. The summed E-state index contributed by atoms with van der Waals surface area (Å²) >= 11 is 0.880. The fraction of sp³-hybridized carbons (Fsp3) is 0.375. The van der Waals surface area contributed by atoms with E-state index < -0.39 is 23.5 Å². The average Bonchev–Trinajstić information content (AvgIpc) is 3.09. The van der Waals surface area contributed by atoms with Gasteiger partial charge >= 0.3 is 6.18 Å². The first-order valence-corrected chi connectivity index (χ1v) is 8.79. The van der Waals surface area contributed by atoms with Crippen molar-refractivity contribution >= 4 is 17.3 Å². The molecule has 27 heavy (non-hydrogen) atoms. The highest BCUT2D eigenvalue weighted by molar-refractivity contribution is 7.09. The van der Waals surface area contributed by atoms with Crippen molar-refractivity contribution in [1.29, 1.82) is 0 Å². The normalized spacial score (nSPS) is 12.1. The highest BCUT2D eigenvalue weighted by atomic mass is 32.1. The van der Waals surface area contributed by atoms with Gasteiger partial charge in [-0.2, -0.15) is 13.2 Å². The van der Waals surface area contributed by atoms with E-state index in [9.17, 15) is 22.0 Å². The fourth-order valence-electron chi connectivity index (χ4n) is 1.91. The van der Waals surface area contributed by atoms with E-state index in [1.54, 1.807) is 0 Å². The molecule has 11 heteroatoms. The highest BCUT2D eigenvalue weighted by Gasteiger charge is 2.33. The van der Waals surface area contributed by atoms with Gasteiger partial charge in [0.15, 0.2) is 23.3 Å². The number of nitrogens with zero attached hydrogens (tertiary/aromatic N) is 2. The Bertz CT molecular complexity index is 778. The van der Waals surface area contributed by atoms with Gasteiger partial charge in [-0.1, -0.05) is 0 Å². The van der Waals surface area contributed by atoms with E-state index in [2.05, 4.69) is 20.6 Å². The lowest BCUT2D eigenvalue weighted by molar-refractivity contribution is -0.140. The third kappa shape index (κ3) is 6.66. The number of thiazole rings is 1. The minimum absolute atomic E-state index is 0.0138. The third-order valence-corrected chi connectivity index (χ3v) is 3.95. The second kappa shape index (κ2) is 9.49. The highest BCUT2D eigenvalue weighted by Crippen LogP contribution is 2.30. The van der Waals surface area contributed by atoms with E-state index in [4.69, 9.17) is 4.74 Å². The molecule has 0 bridgehead atoms. The zero-order chi connectivity index (χ0) is 19.9. The number of guanidine groups is 1. The number of rotatable bonds is 7. The van der Waals surface area contributed by atoms with Crippen LogP contribution < -0.4 is 15.4 Å². The zero-order valence-corrected chi connectivity index (χ0v) is 15.1. The van der Waals surface area contributed by atoms with E-state index in [1.807, 2.05) is 6.92 Å². The van der Waals surface area contributed by atoms with Crippen LogP contribution in [0.3, 0.4) is 0 Å². The number of hydrogen-bond acceptors (Lipinski definition) is 4. The number of nitrogens with one attached hydrogen (secondary N) is 2. The SMILES string of the molecule is CCNC(=NCc1nc(C(F)(F)F)cs1)NCCOc1ccc(F)c(F)c1. The Kier molecular flexibility index (Phi) is 7.34. The molecule has 148 valence electrons. The molecule has 1 heterocycles. The Morgan fingerprint density at radius 1 is 1.22 bits per heavy atom. The predicted molar refractivity (Wildman–Crippen MR) is 91.8 cm³/mol. The molecule has 0 atom stereocenters. The Hall–Kier alpha value is -2.43. The zero-order valence-electron chi connectivity index (χ0n) is 14.2. The van der Waals surface area contributed by atoms with Crippen molar-refractivity contribution in [3.05, 3.63) is 45.9 Å². The van der Waals surface area contributed by atoms with Gasteiger partial charge in [-0.15, -0.1) is 11.3 Å². The molecule has 2 rings (SSSR count). The average molecular weight is 408 g/mol. The van der Waals surface area contributed by atoms with E-state index in [1.165, 1.54) is 6.07 Å². The number of alkyl halides is 3. The van der Waals surface area contributed by atoms with Gasteiger partial charge in [0.05, 0.1) is 13.1 Å². The Morgan fingerprint density at radius 3 is 2.63 bits per heavy atom. The molecule has 1 aromatic heterocycles. The molecule has 0 aliphatic heterocycles.